The number of anilines is 1. The summed E-state index contributed by atoms with van der Waals surface area (Å²) < 4.78 is 12.9. The Morgan fingerprint density at radius 2 is 1.85 bits per heavy atom. The second kappa shape index (κ2) is 14.8. The van der Waals surface area contributed by atoms with Gasteiger partial charge in [0.25, 0.3) is 11.5 Å². The summed E-state index contributed by atoms with van der Waals surface area (Å²) in [6.07, 6.45) is 1.34. The molecule has 0 fully saturated rings. The van der Waals surface area contributed by atoms with Crippen LogP contribution in [0, 0.1) is 17.0 Å². The van der Waals surface area contributed by atoms with Crippen molar-refractivity contribution in [1.82, 2.24) is 9.66 Å². The molecule has 246 valence electrons. The molecule has 0 radical (unpaired) electrons. The molecule has 1 aromatic heterocycles. The Hall–Kier alpha value is -5.07. The fourth-order valence-corrected chi connectivity index (χ4v) is 5.73. The maximum atomic E-state index is 13.8. The van der Waals surface area contributed by atoms with Crippen LogP contribution >= 0.6 is 27.5 Å². The van der Waals surface area contributed by atoms with Crippen molar-refractivity contribution in [3.05, 3.63) is 119 Å². The Bertz CT molecular complexity index is 2110. The molecule has 1 N–H and O–H groups in total. The van der Waals surface area contributed by atoms with Gasteiger partial charge in [0.05, 0.1) is 33.1 Å². The third-order valence-corrected chi connectivity index (χ3v) is 8.16. The monoisotopic (exact) mass is 731 g/mol. The number of aryl methyl sites for hydroxylation is 1. The quantitative estimate of drug-likeness (QED) is 0.0823. The molecule has 0 aliphatic heterocycles. The molecule has 0 unspecified atom stereocenters. The Balaban J connectivity index is 1.53. The van der Waals surface area contributed by atoms with Crippen molar-refractivity contribution >= 4 is 61.9 Å². The van der Waals surface area contributed by atoms with E-state index >= 15 is 0 Å². The van der Waals surface area contributed by atoms with Gasteiger partial charge in [-0.3, -0.25) is 19.7 Å². The molecule has 0 bridgehead atoms. The van der Waals surface area contributed by atoms with E-state index in [1.54, 1.807) is 54.6 Å². The largest absolute Gasteiger partial charge is 0.494 e. The maximum Gasteiger partial charge on any atom is 0.312 e. The van der Waals surface area contributed by atoms with Crippen molar-refractivity contribution in [2.24, 2.45) is 5.10 Å². The van der Waals surface area contributed by atoms with Gasteiger partial charge in [-0.1, -0.05) is 37.6 Å². The van der Waals surface area contributed by atoms with E-state index in [1.165, 1.54) is 17.0 Å². The highest BCUT2D eigenvalue weighted by Gasteiger charge is 2.22. The fraction of sp³-hybridized carbons (Fsp3) is 0.200. The first kappa shape index (κ1) is 34.3. The standard InChI is InChI=1S/C35H31BrClN5O6/c1-5-47-31-14-21(4)27(17-26(31)20(2)3)34-40-29-9-7-6-8-25(29)35(44)41(34)38-18-22-15-28(36)33(30(16-22)42(45)46)48-19-32(43)39-24-12-10-23(37)11-13-24/h6-18,20H,5,19H2,1-4H3,(H,39,43). The number of fused-ring (bicyclic) bond motifs is 1. The van der Waals surface area contributed by atoms with E-state index in [2.05, 4.69) is 40.2 Å². The van der Waals surface area contributed by atoms with Gasteiger partial charge in [-0.05, 0) is 101 Å². The van der Waals surface area contributed by atoms with E-state index in [4.69, 9.17) is 26.1 Å². The van der Waals surface area contributed by atoms with E-state index in [1.807, 2.05) is 26.0 Å². The van der Waals surface area contributed by atoms with Crippen molar-refractivity contribution in [1.29, 1.82) is 0 Å². The molecule has 5 aromatic rings. The lowest BCUT2D eigenvalue weighted by atomic mass is 9.96. The zero-order valence-electron chi connectivity index (χ0n) is 26.5. The molecule has 1 amide bonds. The molecule has 0 saturated carbocycles. The number of hydrogen-bond donors (Lipinski definition) is 1. The molecule has 48 heavy (non-hydrogen) atoms. The van der Waals surface area contributed by atoms with Gasteiger partial charge in [-0.25, -0.2) is 4.98 Å². The first-order valence-electron chi connectivity index (χ1n) is 15.0. The maximum absolute atomic E-state index is 13.8. The minimum absolute atomic E-state index is 0.122. The smallest absolute Gasteiger partial charge is 0.312 e. The van der Waals surface area contributed by atoms with Crippen molar-refractivity contribution in [2.45, 2.75) is 33.6 Å². The van der Waals surface area contributed by atoms with Gasteiger partial charge >= 0.3 is 5.69 Å². The highest BCUT2D eigenvalue weighted by Crippen LogP contribution is 2.37. The molecular weight excluding hydrogens is 702 g/mol. The number of hydrogen-bond acceptors (Lipinski definition) is 8. The Kier molecular flexibility index (Phi) is 10.6. The van der Waals surface area contributed by atoms with Crippen LogP contribution < -0.4 is 20.3 Å². The molecule has 11 nitrogen and oxygen atoms in total. The molecule has 0 atom stereocenters. The van der Waals surface area contributed by atoms with Crippen LogP contribution in [0.4, 0.5) is 11.4 Å². The van der Waals surface area contributed by atoms with Crippen LogP contribution in [0.3, 0.4) is 0 Å². The average Bonchev–Trinajstić information content (AvgIpc) is 3.04. The zero-order chi connectivity index (χ0) is 34.5. The third kappa shape index (κ3) is 7.56. The Morgan fingerprint density at radius 3 is 2.54 bits per heavy atom. The van der Waals surface area contributed by atoms with Crippen molar-refractivity contribution < 1.29 is 19.2 Å². The zero-order valence-corrected chi connectivity index (χ0v) is 28.8. The third-order valence-electron chi connectivity index (χ3n) is 7.31. The lowest BCUT2D eigenvalue weighted by Gasteiger charge is -2.18. The predicted octanol–water partition coefficient (Wildman–Crippen LogP) is 8.12. The van der Waals surface area contributed by atoms with Crippen LogP contribution in [-0.4, -0.2) is 39.9 Å². The summed E-state index contributed by atoms with van der Waals surface area (Å²) in [5.41, 5.74) is 2.94. The number of halogens is 2. The lowest BCUT2D eigenvalue weighted by Crippen LogP contribution is -2.21. The Labute approximate surface area is 289 Å². The molecular formula is C35H31BrClN5O6. The molecule has 0 saturated heterocycles. The number of ether oxygens (including phenoxy) is 2. The predicted molar refractivity (Wildman–Crippen MR) is 191 cm³/mol. The molecule has 0 aliphatic carbocycles. The molecule has 13 heteroatoms. The van der Waals surface area contributed by atoms with Gasteiger partial charge in [-0.2, -0.15) is 9.78 Å². The average molecular weight is 733 g/mol. The van der Waals surface area contributed by atoms with Gasteiger partial charge in [0.2, 0.25) is 5.75 Å². The van der Waals surface area contributed by atoms with Crippen LogP contribution in [0.1, 0.15) is 43.4 Å². The summed E-state index contributed by atoms with van der Waals surface area (Å²) in [4.78, 5) is 42.6. The fourth-order valence-electron chi connectivity index (χ4n) is 5.02. The van der Waals surface area contributed by atoms with E-state index in [0.717, 1.165) is 16.9 Å². The topological polar surface area (TPSA) is 138 Å². The van der Waals surface area contributed by atoms with Gasteiger partial charge in [-0.15, -0.1) is 0 Å². The normalized spacial score (nSPS) is 11.3. The number of benzene rings is 4. The number of carbonyl (C=O) groups excluding carboxylic acids is 1. The summed E-state index contributed by atoms with van der Waals surface area (Å²) in [7, 11) is 0. The van der Waals surface area contributed by atoms with Crippen LogP contribution in [-0.2, 0) is 4.79 Å². The van der Waals surface area contributed by atoms with Crippen molar-refractivity contribution in [2.75, 3.05) is 18.5 Å². The molecule has 0 aliphatic rings. The highest BCUT2D eigenvalue weighted by molar-refractivity contribution is 9.10. The van der Waals surface area contributed by atoms with Gasteiger partial charge in [0.1, 0.15) is 5.75 Å². The summed E-state index contributed by atoms with van der Waals surface area (Å²) in [5.74, 6) is 0.522. The van der Waals surface area contributed by atoms with Crippen LogP contribution in [0.15, 0.2) is 87.2 Å². The van der Waals surface area contributed by atoms with Crippen molar-refractivity contribution in [3.8, 4) is 22.9 Å². The Morgan fingerprint density at radius 1 is 1.12 bits per heavy atom. The van der Waals surface area contributed by atoms with Gasteiger partial charge in [0, 0.05) is 27.9 Å². The number of nitro groups is 1. The first-order chi connectivity index (χ1) is 23.0. The number of nitrogens with one attached hydrogen (secondary N) is 1. The SMILES string of the molecule is CCOc1cc(C)c(-c2nc3ccccc3c(=O)n2N=Cc2cc(Br)c(OCC(=O)Nc3ccc(Cl)cc3)c([N+](=O)[O-])c2)cc1C(C)C. The number of nitrogens with zero attached hydrogens (tertiary/aromatic N) is 4. The van der Waals surface area contributed by atoms with Crippen LogP contribution in [0.5, 0.6) is 11.5 Å². The lowest BCUT2D eigenvalue weighted by molar-refractivity contribution is -0.385. The van der Waals surface area contributed by atoms with Crippen molar-refractivity contribution in [3.63, 3.8) is 0 Å². The number of nitro benzene ring substituents is 1. The number of carbonyl (C=O) groups is 1. The van der Waals surface area contributed by atoms with E-state index in [0.29, 0.717) is 45.2 Å². The highest BCUT2D eigenvalue weighted by atomic mass is 79.9. The summed E-state index contributed by atoms with van der Waals surface area (Å²) in [6, 6.07) is 20.1. The number of aromatic nitrogens is 2. The minimum Gasteiger partial charge on any atom is -0.494 e. The van der Waals surface area contributed by atoms with E-state index in [-0.39, 0.29) is 16.1 Å². The number of rotatable bonds is 11. The number of amides is 1. The molecule has 4 aromatic carbocycles. The van der Waals surface area contributed by atoms with E-state index in [9.17, 15) is 19.7 Å². The van der Waals surface area contributed by atoms with Crippen LogP contribution in [0.2, 0.25) is 5.02 Å². The minimum atomic E-state index is -0.625. The summed E-state index contributed by atoms with van der Waals surface area (Å²) in [6.45, 7) is 7.96. The van der Waals surface area contributed by atoms with Crippen LogP contribution in [0.25, 0.3) is 22.3 Å². The second-order valence-corrected chi connectivity index (χ2v) is 12.3. The van der Waals surface area contributed by atoms with Gasteiger partial charge in [0.15, 0.2) is 12.4 Å². The summed E-state index contributed by atoms with van der Waals surface area (Å²) >= 11 is 9.22. The van der Waals surface area contributed by atoms with E-state index < -0.39 is 28.7 Å². The first-order valence-corrected chi connectivity index (χ1v) is 16.1. The molecule has 5 rings (SSSR count). The van der Waals surface area contributed by atoms with Gasteiger partial charge < -0.3 is 14.8 Å². The number of para-hydroxylation sites is 1. The molecule has 0 spiro atoms. The molecule has 1 heterocycles. The second-order valence-electron chi connectivity index (χ2n) is 11.1. The summed E-state index contributed by atoms with van der Waals surface area (Å²) in [5, 5.41) is 20.1.